The quantitative estimate of drug-likeness (QED) is 0.704. The fraction of sp³-hybridized carbons (Fsp3) is 0.923. The van der Waals surface area contributed by atoms with Gasteiger partial charge in [0.15, 0.2) is 0 Å². The van der Waals surface area contributed by atoms with Gasteiger partial charge in [-0.3, -0.25) is 0 Å². The normalized spacial score (nSPS) is 31.4. The predicted octanol–water partition coefficient (Wildman–Crippen LogP) is 1.78. The molecule has 2 unspecified atom stereocenters. The van der Waals surface area contributed by atoms with Gasteiger partial charge in [0, 0.05) is 12.6 Å². The lowest BCUT2D eigenvalue weighted by Crippen LogP contribution is -2.52. The SMILES string of the molecule is CC1CCCCC1NC(=O)NCC1(O)CCC1. The van der Waals surface area contributed by atoms with Gasteiger partial charge in [-0.1, -0.05) is 19.8 Å². The molecule has 2 fully saturated rings. The summed E-state index contributed by atoms with van der Waals surface area (Å²) in [5, 5.41) is 15.7. The molecule has 4 nitrogen and oxygen atoms in total. The first-order chi connectivity index (χ1) is 8.09. The number of urea groups is 1. The second-order valence-electron chi connectivity index (χ2n) is 5.77. The average Bonchev–Trinajstić information content (AvgIpc) is 2.27. The summed E-state index contributed by atoms with van der Waals surface area (Å²) in [6.45, 7) is 2.59. The third-order valence-corrected chi connectivity index (χ3v) is 4.29. The van der Waals surface area contributed by atoms with Gasteiger partial charge >= 0.3 is 6.03 Å². The van der Waals surface area contributed by atoms with Crippen molar-refractivity contribution in [3.05, 3.63) is 0 Å². The fourth-order valence-corrected chi connectivity index (χ4v) is 2.76. The number of carbonyl (C=O) groups is 1. The van der Waals surface area contributed by atoms with Crippen LogP contribution in [0.15, 0.2) is 0 Å². The number of aliphatic hydroxyl groups is 1. The van der Waals surface area contributed by atoms with Crippen LogP contribution in [-0.2, 0) is 0 Å². The lowest BCUT2D eigenvalue weighted by atomic mass is 9.80. The summed E-state index contributed by atoms with van der Waals surface area (Å²) in [6, 6.07) is 0.184. The molecule has 0 heterocycles. The molecule has 3 N–H and O–H groups in total. The van der Waals surface area contributed by atoms with Crippen LogP contribution in [0.5, 0.6) is 0 Å². The van der Waals surface area contributed by atoms with Gasteiger partial charge in [-0.15, -0.1) is 0 Å². The molecule has 0 saturated heterocycles. The summed E-state index contributed by atoms with van der Waals surface area (Å²) in [4.78, 5) is 11.7. The maximum Gasteiger partial charge on any atom is 0.315 e. The van der Waals surface area contributed by atoms with Gasteiger partial charge in [0.2, 0.25) is 0 Å². The van der Waals surface area contributed by atoms with Crippen LogP contribution in [0.4, 0.5) is 4.79 Å². The fourth-order valence-electron chi connectivity index (χ4n) is 2.76. The Morgan fingerprint density at radius 1 is 1.29 bits per heavy atom. The zero-order valence-electron chi connectivity index (χ0n) is 10.7. The maximum atomic E-state index is 11.7. The van der Waals surface area contributed by atoms with Crippen LogP contribution in [0.25, 0.3) is 0 Å². The summed E-state index contributed by atoms with van der Waals surface area (Å²) in [6.07, 6.45) is 7.47. The van der Waals surface area contributed by atoms with Crippen LogP contribution in [0.1, 0.15) is 51.9 Å². The topological polar surface area (TPSA) is 61.4 Å². The van der Waals surface area contributed by atoms with E-state index in [1.807, 2.05) is 0 Å². The molecular weight excluding hydrogens is 216 g/mol. The molecule has 0 radical (unpaired) electrons. The van der Waals surface area contributed by atoms with Gasteiger partial charge in [0.05, 0.1) is 5.60 Å². The highest BCUT2D eigenvalue weighted by molar-refractivity contribution is 5.74. The van der Waals surface area contributed by atoms with Crippen LogP contribution >= 0.6 is 0 Å². The Kier molecular flexibility index (Phi) is 3.92. The van der Waals surface area contributed by atoms with E-state index in [2.05, 4.69) is 17.6 Å². The Labute approximate surface area is 103 Å². The number of hydrogen-bond acceptors (Lipinski definition) is 2. The van der Waals surface area contributed by atoms with E-state index in [1.54, 1.807) is 0 Å². The van der Waals surface area contributed by atoms with Crippen molar-refractivity contribution in [2.45, 2.75) is 63.5 Å². The van der Waals surface area contributed by atoms with Crippen LogP contribution < -0.4 is 10.6 Å². The van der Waals surface area contributed by atoms with Crippen LogP contribution in [0, 0.1) is 5.92 Å². The van der Waals surface area contributed by atoms with Crippen molar-refractivity contribution < 1.29 is 9.90 Å². The van der Waals surface area contributed by atoms with Crippen molar-refractivity contribution in [1.82, 2.24) is 10.6 Å². The first-order valence-corrected chi connectivity index (χ1v) is 6.86. The molecule has 0 bridgehead atoms. The molecule has 4 heteroatoms. The highest BCUT2D eigenvalue weighted by atomic mass is 16.3. The van der Waals surface area contributed by atoms with Crippen LogP contribution in [0.3, 0.4) is 0 Å². The first kappa shape index (κ1) is 12.7. The lowest BCUT2D eigenvalue weighted by Gasteiger charge is -2.37. The Bertz CT molecular complexity index is 277. The van der Waals surface area contributed by atoms with Crippen molar-refractivity contribution in [3.63, 3.8) is 0 Å². The molecular formula is C13H24N2O2. The number of rotatable bonds is 3. The molecule has 2 rings (SSSR count). The minimum atomic E-state index is -0.629. The molecule has 0 aromatic carbocycles. The predicted molar refractivity (Wildman–Crippen MR) is 66.8 cm³/mol. The van der Waals surface area contributed by atoms with E-state index in [0.29, 0.717) is 18.5 Å². The molecule has 2 amide bonds. The second kappa shape index (κ2) is 5.25. The van der Waals surface area contributed by atoms with Gasteiger partial charge in [-0.25, -0.2) is 4.79 Å². The monoisotopic (exact) mass is 240 g/mol. The number of hydrogen-bond donors (Lipinski definition) is 3. The zero-order chi connectivity index (χ0) is 12.3. The molecule has 0 aromatic heterocycles. The van der Waals surface area contributed by atoms with Gasteiger partial charge in [-0.05, 0) is 38.0 Å². The van der Waals surface area contributed by atoms with Gasteiger partial charge in [0.25, 0.3) is 0 Å². The van der Waals surface area contributed by atoms with Crippen molar-refractivity contribution in [2.24, 2.45) is 5.92 Å². The smallest absolute Gasteiger partial charge is 0.315 e. The number of nitrogens with one attached hydrogen (secondary N) is 2. The maximum absolute atomic E-state index is 11.7. The highest BCUT2D eigenvalue weighted by Gasteiger charge is 2.34. The van der Waals surface area contributed by atoms with E-state index in [4.69, 9.17) is 0 Å². The van der Waals surface area contributed by atoms with Gasteiger partial charge in [0.1, 0.15) is 0 Å². The number of amides is 2. The summed E-state index contributed by atoms with van der Waals surface area (Å²) in [5.74, 6) is 0.571. The standard InChI is InChI=1S/C13H24N2O2/c1-10-5-2-3-6-11(10)15-12(16)14-9-13(17)7-4-8-13/h10-11,17H,2-9H2,1H3,(H2,14,15,16). The van der Waals surface area contributed by atoms with Crippen LogP contribution in [0.2, 0.25) is 0 Å². The lowest BCUT2D eigenvalue weighted by molar-refractivity contribution is -0.0291. The Hall–Kier alpha value is -0.770. The minimum absolute atomic E-state index is 0.121. The Morgan fingerprint density at radius 3 is 2.59 bits per heavy atom. The van der Waals surface area contributed by atoms with E-state index < -0.39 is 5.60 Å². The molecule has 98 valence electrons. The van der Waals surface area contributed by atoms with Gasteiger partial charge < -0.3 is 15.7 Å². The highest BCUT2D eigenvalue weighted by Crippen LogP contribution is 2.30. The van der Waals surface area contributed by atoms with E-state index in [0.717, 1.165) is 25.7 Å². The summed E-state index contributed by atoms with van der Waals surface area (Å²) in [7, 11) is 0. The molecule has 2 aliphatic rings. The van der Waals surface area contributed by atoms with Crippen molar-refractivity contribution in [2.75, 3.05) is 6.54 Å². The molecule has 0 aromatic rings. The third-order valence-electron chi connectivity index (χ3n) is 4.29. The third kappa shape index (κ3) is 3.35. The summed E-state index contributed by atoms with van der Waals surface area (Å²) < 4.78 is 0. The molecule has 2 saturated carbocycles. The minimum Gasteiger partial charge on any atom is -0.388 e. The van der Waals surface area contributed by atoms with Crippen LogP contribution in [-0.4, -0.2) is 29.3 Å². The van der Waals surface area contributed by atoms with Crippen molar-refractivity contribution in [3.8, 4) is 0 Å². The zero-order valence-corrected chi connectivity index (χ0v) is 10.7. The summed E-state index contributed by atoms with van der Waals surface area (Å²) in [5.41, 5.74) is -0.629. The van der Waals surface area contributed by atoms with Crippen molar-refractivity contribution >= 4 is 6.03 Å². The Balaban J connectivity index is 1.69. The van der Waals surface area contributed by atoms with Crippen molar-refractivity contribution in [1.29, 1.82) is 0 Å². The van der Waals surface area contributed by atoms with E-state index in [9.17, 15) is 9.90 Å². The van der Waals surface area contributed by atoms with E-state index in [-0.39, 0.29) is 6.03 Å². The largest absolute Gasteiger partial charge is 0.388 e. The van der Waals surface area contributed by atoms with E-state index in [1.165, 1.54) is 19.3 Å². The molecule has 17 heavy (non-hydrogen) atoms. The summed E-state index contributed by atoms with van der Waals surface area (Å²) >= 11 is 0. The molecule has 2 atom stereocenters. The molecule has 0 aliphatic heterocycles. The molecule has 0 spiro atoms. The molecule has 2 aliphatic carbocycles. The first-order valence-electron chi connectivity index (χ1n) is 6.86. The Morgan fingerprint density at radius 2 is 2.00 bits per heavy atom. The second-order valence-corrected chi connectivity index (χ2v) is 5.77. The van der Waals surface area contributed by atoms with Gasteiger partial charge in [-0.2, -0.15) is 0 Å². The number of carbonyl (C=O) groups excluding carboxylic acids is 1. The average molecular weight is 240 g/mol. The van der Waals surface area contributed by atoms with E-state index >= 15 is 0 Å².